The lowest BCUT2D eigenvalue weighted by Crippen LogP contribution is -2.27. The van der Waals surface area contributed by atoms with E-state index in [1.807, 2.05) is 62.4 Å². The molecule has 0 fully saturated rings. The van der Waals surface area contributed by atoms with Crippen LogP contribution in [0.2, 0.25) is 0 Å². The Morgan fingerprint density at radius 3 is 1.92 bits per heavy atom. The van der Waals surface area contributed by atoms with Crippen LogP contribution < -0.4 is 18.8 Å². The molecule has 12 heteroatoms. The molecule has 252 valence electrons. The normalized spacial score (nSPS) is 12.8. The van der Waals surface area contributed by atoms with E-state index in [4.69, 9.17) is 18.8 Å². The maximum atomic E-state index is 14.5. The molecular weight excluding hydrogens is 665 g/mol. The highest BCUT2D eigenvalue weighted by Gasteiger charge is 2.33. The fourth-order valence-electron chi connectivity index (χ4n) is 5.47. The molecular formula is C37H34N2O8S2. The van der Waals surface area contributed by atoms with Gasteiger partial charge in [-0.25, -0.2) is 0 Å². The van der Waals surface area contributed by atoms with Crippen molar-refractivity contribution in [1.29, 1.82) is 0 Å². The van der Waals surface area contributed by atoms with Gasteiger partial charge in [0.05, 0.1) is 0 Å². The second kappa shape index (κ2) is 13.7. The summed E-state index contributed by atoms with van der Waals surface area (Å²) in [4.78, 5) is 15.7. The largest absolute Gasteiger partial charge is 0.488 e. The first-order chi connectivity index (χ1) is 23.4. The van der Waals surface area contributed by atoms with Crippen LogP contribution in [0.4, 0.5) is 0 Å². The maximum absolute atomic E-state index is 14.5. The molecule has 0 saturated heterocycles. The molecule has 0 bridgehead atoms. The Balaban J connectivity index is 1.48. The Bertz CT molecular complexity index is 2220. The standard InChI is InChI=1S/C37H34N2O8S2/c1-25-11-15-31(16-12-25)48(41,42)46-30-19-34(45-24-27-7-4-3-5-8-27)36(35(20-30)47-49(43,44)32-17-13-26(2)14-18-32)37(40)39-22-29-10-6-9-28(21-38)33(29)23-39/h3-20H,21-24,38H2,1-2H3. The summed E-state index contributed by atoms with van der Waals surface area (Å²) in [6.07, 6.45) is 0. The number of fused-ring (bicyclic) bond motifs is 1. The quantitative estimate of drug-likeness (QED) is 0.164. The Morgan fingerprint density at radius 2 is 1.31 bits per heavy atom. The first-order valence-corrected chi connectivity index (χ1v) is 18.2. The van der Waals surface area contributed by atoms with Crippen LogP contribution in [0.25, 0.3) is 0 Å². The minimum atomic E-state index is -4.52. The number of carbonyl (C=O) groups excluding carboxylic acids is 1. The number of benzene rings is 5. The number of amides is 1. The van der Waals surface area contributed by atoms with Gasteiger partial charge >= 0.3 is 20.2 Å². The first kappa shape index (κ1) is 33.7. The minimum Gasteiger partial charge on any atom is -0.488 e. The zero-order chi connectivity index (χ0) is 34.8. The predicted molar refractivity (Wildman–Crippen MR) is 183 cm³/mol. The van der Waals surface area contributed by atoms with Gasteiger partial charge in [-0.3, -0.25) is 4.79 Å². The summed E-state index contributed by atoms with van der Waals surface area (Å²) in [6, 6.07) is 29.1. The van der Waals surface area contributed by atoms with Crippen LogP contribution in [-0.2, 0) is 46.5 Å². The van der Waals surface area contributed by atoms with E-state index in [2.05, 4.69) is 0 Å². The van der Waals surface area contributed by atoms with Gasteiger partial charge in [0.15, 0.2) is 5.75 Å². The van der Waals surface area contributed by atoms with E-state index in [-0.39, 0.29) is 53.1 Å². The molecule has 5 aromatic carbocycles. The number of nitrogens with two attached hydrogens (primary N) is 1. The molecule has 2 N–H and O–H groups in total. The summed E-state index contributed by atoms with van der Waals surface area (Å²) in [7, 11) is -8.91. The summed E-state index contributed by atoms with van der Waals surface area (Å²) < 4.78 is 71.4. The Kier molecular flexibility index (Phi) is 9.46. The molecule has 6 rings (SSSR count). The average molecular weight is 699 g/mol. The number of carbonyl (C=O) groups is 1. The van der Waals surface area contributed by atoms with Gasteiger partial charge in [0.1, 0.15) is 33.5 Å². The first-order valence-electron chi connectivity index (χ1n) is 15.4. The third kappa shape index (κ3) is 7.46. The Hall–Kier alpha value is -5.17. The highest BCUT2D eigenvalue weighted by atomic mass is 32.2. The smallest absolute Gasteiger partial charge is 0.339 e. The molecule has 0 atom stereocenters. The van der Waals surface area contributed by atoms with Gasteiger partial charge in [-0.05, 0) is 60.4 Å². The molecule has 1 aliphatic heterocycles. The van der Waals surface area contributed by atoms with Crippen LogP contribution in [0.3, 0.4) is 0 Å². The summed E-state index contributed by atoms with van der Waals surface area (Å²) in [5.41, 5.74) is 10.9. The third-order valence-corrected chi connectivity index (χ3v) is 10.6. The summed E-state index contributed by atoms with van der Waals surface area (Å²) >= 11 is 0. The van der Waals surface area contributed by atoms with Crippen molar-refractivity contribution in [2.45, 2.75) is 49.9 Å². The topological polar surface area (TPSA) is 142 Å². The van der Waals surface area contributed by atoms with E-state index in [1.54, 1.807) is 24.3 Å². The summed E-state index contributed by atoms with van der Waals surface area (Å²) in [6.45, 7) is 4.31. The number of aryl methyl sites for hydroxylation is 2. The molecule has 49 heavy (non-hydrogen) atoms. The number of hydrogen-bond acceptors (Lipinski definition) is 9. The molecule has 0 saturated carbocycles. The van der Waals surface area contributed by atoms with Gasteiger partial charge < -0.3 is 23.7 Å². The highest BCUT2D eigenvalue weighted by molar-refractivity contribution is 7.87. The van der Waals surface area contributed by atoms with Crippen molar-refractivity contribution in [2.75, 3.05) is 0 Å². The van der Waals surface area contributed by atoms with Gasteiger partial charge in [0.2, 0.25) is 0 Å². The van der Waals surface area contributed by atoms with Crippen LogP contribution >= 0.6 is 0 Å². The van der Waals surface area contributed by atoms with Gasteiger partial charge in [-0.15, -0.1) is 0 Å². The van der Waals surface area contributed by atoms with E-state index >= 15 is 0 Å². The van der Waals surface area contributed by atoms with E-state index in [1.165, 1.54) is 35.2 Å². The van der Waals surface area contributed by atoms with Crippen LogP contribution in [0.1, 0.15) is 43.7 Å². The number of ether oxygens (including phenoxy) is 1. The molecule has 10 nitrogen and oxygen atoms in total. The fraction of sp³-hybridized carbons (Fsp3) is 0.162. The van der Waals surface area contributed by atoms with Crippen molar-refractivity contribution in [2.24, 2.45) is 5.73 Å². The van der Waals surface area contributed by atoms with Crippen molar-refractivity contribution >= 4 is 26.1 Å². The molecule has 5 aromatic rings. The van der Waals surface area contributed by atoms with E-state index in [0.717, 1.165) is 39.4 Å². The van der Waals surface area contributed by atoms with E-state index < -0.39 is 31.9 Å². The second-order valence-corrected chi connectivity index (χ2v) is 14.8. The van der Waals surface area contributed by atoms with Crippen molar-refractivity contribution in [3.63, 3.8) is 0 Å². The monoisotopic (exact) mass is 698 g/mol. The lowest BCUT2D eigenvalue weighted by atomic mass is 10.0. The number of nitrogens with zero attached hydrogens (tertiary/aromatic N) is 1. The fourth-order valence-corrected chi connectivity index (χ4v) is 7.32. The second-order valence-electron chi connectivity index (χ2n) is 11.7. The van der Waals surface area contributed by atoms with Gasteiger partial charge in [0, 0.05) is 31.8 Å². The highest BCUT2D eigenvalue weighted by Crippen LogP contribution is 2.40. The zero-order valence-corrected chi connectivity index (χ0v) is 28.5. The Morgan fingerprint density at radius 1 is 0.714 bits per heavy atom. The zero-order valence-electron chi connectivity index (χ0n) is 26.8. The summed E-state index contributed by atoms with van der Waals surface area (Å²) in [5, 5.41) is 0. The van der Waals surface area contributed by atoms with Crippen LogP contribution in [-0.4, -0.2) is 27.6 Å². The van der Waals surface area contributed by atoms with Gasteiger partial charge in [-0.1, -0.05) is 83.9 Å². The van der Waals surface area contributed by atoms with Crippen molar-refractivity contribution in [3.05, 3.63) is 148 Å². The van der Waals surface area contributed by atoms with Crippen molar-refractivity contribution in [3.8, 4) is 17.2 Å². The third-order valence-electron chi connectivity index (χ3n) is 8.10. The van der Waals surface area contributed by atoms with Crippen LogP contribution in [0.15, 0.2) is 119 Å². The van der Waals surface area contributed by atoms with Gasteiger partial charge in [0.25, 0.3) is 5.91 Å². The van der Waals surface area contributed by atoms with E-state index in [9.17, 15) is 21.6 Å². The molecule has 1 amide bonds. The van der Waals surface area contributed by atoms with E-state index in [0.29, 0.717) is 0 Å². The predicted octanol–water partition coefficient (Wildman–Crippen LogP) is 6.03. The number of hydrogen-bond donors (Lipinski definition) is 1. The molecule has 1 aliphatic rings. The number of rotatable bonds is 11. The Labute approximate surface area is 285 Å². The molecule has 0 unspecified atom stereocenters. The molecule has 0 spiro atoms. The SMILES string of the molecule is Cc1ccc(S(=O)(=O)Oc2cc(OCc3ccccc3)c(C(=O)N3Cc4cccc(CN)c4C3)c(OS(=O)(=O)c3ccc(C)cc3)c2)cc1. The molecule has 0 radical (unpaired) electrons. The van der Waals surface area contributed by atoms with Crippen molar-refractivity contribution < 1.29 is 34.7 Å². The molecule has 1 heterocycles. The van der Waals surface area contributed by atoms with Gasteiger partial charge in [-0.2, -0.15) is 16.8 Å². The average Bonchev–Trinajstić information content (AvgIpc) is 3.52. The van der Waals surface area contributed by atoms with Crippen LogP contribution in [0.5, 0.6) is 17.2 Å². The lowest BCUT2D eigenvalue weighted by Gasteiger charge is -2.22. The lowest BCUT2D eigenvalue weighted by molar-refractivity contribution is 0.0744. The van der Waals surface area contributed by atoms with Crippen LogP contribution in [0, 0.1) is 13.8 Å². The van der Waals surface area contributed by atoms with Crippen molar-refractivity contribution in [1.82, 2.24) is 4.90 Å². The maximum Gasteiger partial charge on any atom is 0.339 e. The minimum absolute atomic E-state index is 0.0308. The molecule has 0 aromatic heterocycles. The summed E-state index contributed by atoms with van der Waals surface area (Å²) in [5.74, 6) is -1.50. The molecule has 0 aliphatic carbocycles.